The summed E-state index contributed by atoms with van der Waals surface area (Å²) in [6.07, 6.45) is 0.582. The number of carboxylic acid groups (broad SMARTS) is 1. The van der Waals surface area contributed by atoms with Crippen LogP contribution < -0.4 is 0 Å². The maximum atomic E-state index is 12.2. The second-order valence-corrected chi connectivity index (χ2v) is 6.89. The molecule has 0 aromatic heterocycles. The lowest BCUT2D eigenvalue weighted by atomic mass is 10.2. The van der Waals surface area contributed by atoms with Gasteiger partial charge in [0.05, 0.1) is 5.75 Å². The Morgan fingerprint density at radius 2 is 1.90 bits per heavy atom. The minimum Gasteiger partial charge on any atom is -0.481 e. The Morgan fingerprint density at radius 3 is 2.43 bits per heavy atom. The van der Waals surface area contributed by atoms with Gasteiger partial charge in [-0.3, -0.25) is 9.59 Å². The molecule has 116 valence electrons. The van der Waals surface area contributed by atoms with E-state index in [-0.39, 0.29) is 18.4 Å². The molecule has 0 spiro atoms. The zero-order valence-corrected chi connectivity index (χ0v) is 14.6. The van der Waals surface area contributed by atoms with Crippen molar-refractivity contribution in [1.82, 2.24) is 4.90 Å². The number of aliphatic carboxylic acids is 1. The van der Waals surface area contributed by atoms with Gasteiger partial charge in [-0.1, -0.05) is 15.9 Å². The molecule has 21 heavy (non-hydrogen) atoms. The molecule has 1 aromatic rings. The molecule has 0 unspecified atom stereocenters. The van der Waals surface area contributed by atoms with Crippen LogP contribution >= 0.6 is 27.7 Å². The predicted molar refractivity (Wildman–Crippen MR) is 88.6 cm³/mol. The summed E-state index contributed by atoms with van der Waals surface area (Å²) < 4.78 is 1.01. The van der Waals surface area contributed by atoms with E-state index in [1.54, 1.807) is 4.90 Å². The highest BCUT2D eigenvalue weighted by Crippen LogP contribution is 2.21. The first-order chi connectivity index (χ1) is 9.90. The fraction of sp³-hybridized carbons (Fsp3) is 0.467. The number of amides is 1. The van der Waals surface area contributed by atoms with Gasteiger partial charge in [0.25, 0.3) is 0 Å². The number of halogens is 1. The van der Waals surface area contributed by atoms with Gasteiger partial charge >= 0.3 is 5.97 Å². The van der Waals surface area contributed by atoms with Gasteiger partial charge in [-0.15, -0.1) is 11.8 Å². The van der Waals surface area contributed by atoms with Gasteiger partial charge in [-0.05, 0) is 44.5 Å². The molecule has 4 nitrogen and oxygen atoms in total. The van der Waals surface area contributed by atoms with Gasteiger partial charge in [-0.2, -0.15) is 0 Å². The smallest absolute Gasteiger partial charge is 0.303 e. The van der Waals surface area contributed by atoms with Crippen LogP contribution in [0.4, 0.5) is 0 Å². The van der Waals surface area contributed by atoms with Gasteiger partial charge in [0.1, 0.15) is 0 Å². The molecule has 1 aromatic carbocycles. The summed E-state index contributed by atoms with van der Waals surface area (Å²) in [6.45, 7) is 4.38. The van der Waals surface area contributed by atoms with Gasteiger partial charge in [0, 0.05) is 28.4 Å². The van der Waals surface area contributed by atoms with Crippen molar-refractivity contribution in [2.24, 2.45) is 0 Å². The molecule has 0 saturated carbocycles. The molecule has 0 radical (unpaired) electrons. The number of thioether (sulfide) groups is 1. The molecule has 0 heterocycles. The molecular weight excluding hydrogens is 354 g/mol. The van der Waals surface area contributed by atoms with Crippen LogP contribution in [0.2, 0.25) is 0 Å². The molecule has 0 fully saturated rings. The molecule has 0 aliphatic rings. The third-order valence-corrected chi connectivity index (χ3v) is 4.43. The van der Waals surface area contributed by atoms with Crippen LogP contribution in [-0.2, 0) is 9.59 Å². The first kappa shape index (κ1) is 18.0. The van der Waals surface area contributed by atoms with Gasteiger partial charge in [0.2, 0.25) is 5.91 Å². The molecule has 1 rings (SSSR count). The molecule has 0 bridgehead atoms. The SMILES string of the molecule is CC(C)N(CCCC(=O)O)C(=O)CSc1ccc(Br)cc1. The summed E-state index contributed by atoms with van der Waals surface area (Å²) >= 11 is 4.87. The molecule has 0 saturated heterocycles. The number of carboxylic acids is 1. The molecule has 1 amide bonds. The van der Waals surface area contributed by atoms with Gasteiger partial charge in [0.15, 0.2) is 0 Å². The van der Waals surface area contributed by atoms with Crippen molar-refractivity contribution in [3.05, 3.63) is 28.7 Å². The Labute approximate surface area is 138 Å². The molecule has 0 aliphatic heterocycles. The number of nitrogens with zero attached hydrogens (tertiary/aromatic N) is 1. The number of benzene rings is 1. The number of carbonyl (C=O) groups is 2. The van der Waals surface area contributed by atoms with Crippen LogP contribution in [-0.4, -0.2) is 40.2 Å². The zero-order valence-electron chi connectivity index (χ0n) is 12.2. The predicted octanol–water partition coefficient (Wildman–Crippen LogP) is 3.64. The Kier molecular flexibility index (Phi) is 7.82. The van der Waals surface area contributed by atoms with Crippen molar-refractivity contribution in [2.45, 2.75) is 37.6 Å². The van der Waals surface area contributed by atoms with E-state index in [0.29, 0.717) is 18.7 Å². The minimum atomic E-state index is -0.824. The van der Waals surface area contributed by atoms with E-state index in [1.807, 2.05) is 38.1 Å². The van der Waals surface area contributed by atoms with Crippen LogP contribution in [0.25, 0.3) is 0 Å². The van der Waals surface area contributed by atoms with E-state index in [4.69, 9.17) is 5.11 Å². The highest BCUT2D eigenvalue weighted by Gasteiger charge is 2.17. The summed E-state index contributed by atoms with van der Waals surface area (Å²) in [5, 5.41) is 8.67. The second-order valence-electron chi connectivity index (χ2n) is 4.92. The van der Waals surface area contributed by atoms with Crippen molar-refractivity contribution in [3.63, 3.8) is 0 Å². The number of hydrogen-bond acceptors (Lipinski definition) is 3. The van der Waals surface area contributed by atoms with Crippen LogP contribution in [0.3, 0.4) is 0 Å². The Hall–Kier alpha value is -1.01. The Balaban J connectivity index is 2.48. The topological polar surface area (TPSA) is 57.6 Å². The van der Waals surface area contributed by atoms with E-state index in [2.05, 4.69) is 15.9 Å². The summed E-state index contributed by atoms with van der Waals surface area (Å²) in [5.41, 5.74) is 0. The van der Waals surface area contributed by atoms with Crippen LogP contribution in [0.5, 0.6) is 0 Å². The molecule has 1 N–H and O–H groups in total. The van der Waals surface area contributed by atoms with Crippen molar-refractivity contribution >= 4 is 39.6 Å². The lowest BCUT2D eigenvalue weighted by Crippen LogP contribution is -2.39. The normalized spacial score (nSPS) is 10.7. The Bertz CT molecular complexity index is 476. The highest BCUT2D eigenvalue weighted by atomic mass is 79.9. The van der Waals surface area contributed by atoms with E-state index in [9.17, 15) is 9.59 Å². The maximum absolute atomic E-state index is 12.2. The van der Waals surface area contributed by atoms with E-state index < -0.39 is 5.97 Å². The number of carbonyl (C=O) groups excluding carboxylic acids is 1. The second kappa shape index (κ2) is 9.10. The largest absolute Gasteiger partial charge is 0.481 e. The lowest BCUT2D eigenvalue weighted by molar-refractivity contribution is -0.138. The lowest BCUT2D eigenvalue weighted by Gasteiger charge is -2.26. The highest BCUT2D eigenvalue weighted by molar-refractivity contribution is 9.10. The molecule has 0 atom stereocenters. The summed E-state index contributed by atoms with van der Waals surface area (Å²) in [4.78, 5) is 25.6. The maximum Gasteiger partial charge on any atom is 0.303 e. The third-order valence-electron chi connectivity index (χ3n) is 2.91. The van der Waals surface area contributed by atoms with Crippen LogP contribution in [0.15, 0.2) is 33.6 Å². The van der Waals surface area contributed by atoms with Crippen LogP contribution in [0, 0.1) is 0 Å². The fourth-order valence-electron chi connectivity index (χ4n) is 1.83. The van der Waals surface area contributed by atoms with Crippen molar-refractivity contribution in [2.75, 3.05) is 12.3 Å². The molecular formula is C15H20BrNO3S. The van der Waals surface area contributed by atoms with Crippen LogP contribution in [0.1, 0.15) is 26.7 Å². The summed E-state index contributed by atoms with van der Waals surface area (Å²) in [5.74, 6) is -0.411. The minimum absolute atomic E-state index is 0.0447. The number of hydrogen-bond donors (Lipinski definition) is 1. The van der Waals surface area contributed by atoms with Crippen molar-refractivity contribution < 1.29 is 14.7 Å². The monoisotopic (exact) mass is 373 g/mol. The summed E-state index contributed by atoms with van der Waals surface area (Å²) in [7, 11) is 0. The fourth-order valence-corrected chi connectivity index (χ4v) is 2.88. The van der Waals surface area contributed by atoms with Crippen molar-refractivity contribution in [1.29, 1.82) is 0 Å². The first-order valence-corrected chi connectivity index (χ1v) is 8.57. The zero-order chi connectivity index (χ0) is 15.8. The van der Waals surface area contributed by atoms with E-state index in [0.717, 1.165) is 9.37 Å². The number of rotatable bonds is 8. The van der Waals surface area contributed by atoms with Crippen molar-refractivity contribution in [3.8, 4) is 0 Å². The van der Waals surface area contributed by atoms with E-state index >= 15 is 0 Å². The van der Waals surface area contributed by atoms with Gasteiger partial charge in [-0.25, -0.2) is 0 Å². The average Bonchev–Trinajstić information content (AvgIpc) is 2.42. The van der Waals surface area contributed by atoms with Gasteiger partial charge < -0.3 is 10.0 Å². The molecule has 6 heteroatoms. The van der Waals surface area contributed by atoms with E-state index in [1.165, 1.54) is 11.8 Å². The Morgan fingerprint density at radius 1 is 1.29 bits per heavy atom. The standard InChI is InChI=1S/C15H20BrNO3S/c1-11(2)17(9-3-4-15(19)20)14(18)10-21-13-7-5-12(16)6-8-13/h5-8,11H,3-4,9-10H2,1-2H3,(H,19,20). The average molecular weight is 374 g/mol. The quantitative estimate of drug-likeness (QED) is 0.706. The first-order valence-electron chi connectivity index (χ1n) is 6.79. The third kappa shape index (κ3) is 7.00. The summed E-state index contributed by atoms with van der Waals surface area (Å²) in [6, 6.07) is 7.90. The molecule has 0 aliphatic carbocycles.